The molecule has 0 saturated carbocycles. The molecule has 0 fully saturated rings. The molecule has 0 saturated heterocycles. The third-order valence-corrected chi connectivity index (χ3v) is 2.92. The molecule has 1 rings (SSSR count). The second-order valence-corrected chi connectivity index (χ2v) is 4.60. The van der Waals surface area contributed by atoms with Crippen molar-refractivity contribution in [1.82, 2.24) is 4.83 Å². The van der Waals surface area contributed by atoms with Crippen LogP contribution in [0.3, 0.4) is 0 Å². The van der Waals surface area contributed by atoms with Crippen molar-refractivity contribution in [2.45, 2.75) is 4.90 Å². The van der Waals surface area contributed by atoms with E-state index in [0.29, 0.717) is 5.69 Å². The topological polar surface area (TPSA) is 98.3 Å². The van der Waals surface area contributed by atoms with Crippen molar-refractivity contribution < 1.29 is 9.24 Å². The number of hydrogen-bond donors (Lipinski definition) is 2. The standard InChI is InChI=1S/C7H9N3O3S/c1-14(13,9-10(11)12)7-4-2-3-6(8)5-7/h2-5H,1,8H2,(H,9,13). The minimum Gasteiger partial charge on any atom is -0.399 e. The van der Waals surface area contributed by atoms with Gasteiger partial charge in [-0.25, -0.2) is 14.3 Å². The SMILES string of the molecule is C=S(=O)(N[N+](=O)[O-])c1cccc(N)c1. The lowest BCUT2D eigenvalue weighted by Gasteiger charge is -2.05. The second kappa shape index (κ2) is 3.54. The fourth-order valence-corrected chi connectivity index (χ4v) is 1.86. The van der Waals surface area contributed by atoms with Crippen molar-refractivity contribution in [2.75, 3.05) is 5.73 Å². The van der Waals surface area contributed by atoms with Gasteiger partial charge in [-0.05, 0) is 24.1 Å². The van der Waals surface area contributed by atoms with Gasteiger partial charge < -0.3 is 5.73 Å². The highest BCUT2D eigenvalue weighted by molar-refractivity contribution is 7.98. The Balaban J connectivity index is 3.11. The number of hydrogen-bond acceptors (Lipinski definition) is 4. The molecule has 0 aromatic heterocycles. The minimum absolute atomic E-state index is 0.203. The number of nitro groups is 1. The Bertz CT molecular complexity index is 455. The first kappa shape index (κ1) is 10.3. The molecule has 76 valence electrons. The van der Waals surface area contributed by atoms with Crippen molar-refractivity contribution in [3.8, 4) is 0 Å². The zero-order chi connectivity index (χ0) is 10.8. The lowest BCUT2D eigenvalue weighted by molar-refractivity contribution is -0.518. The molecule has 3 N–H and O–H groups in total. The smallest absolute Gasteiger partial charge is 0.170 e. The average Bonchev–Trinajstić information content (AvgIpc) is 2.01. The van der Waals surface area contributed by atoms with E-state index in [2.05, 4.69) is 5.87 Å². The van der Waals surface area contributed by atoms with Gasteiger partial charge in [-0.3, -0.25) is 0 Å². The number of rotatable bonds is 3. The van der Waals surface area contributed by atoms with Crippen LogP contribution in [0.2, 0.25) is 0 Å². The van der Waals surface area contributed by atoms with Crippen LogP contribution >= 0.6 is 0 Å². The van der Waals surface area contributed by atoms with Crippen LogP contribution < -0.4 is 10.6 Å². The first-order valence-corrected chi connectivity index (χ1v) is 5.29. The van der Waals surface area contributed by atoms with Gasteiger partial charge >= 0.3 is 0 Å². The summed E-state index contributed by atoms with van der Waals surface area (Å²) in [4.78, 5) is 12.0. The summed E-state index contributed by atoms with van der Waals surface area (Å²) in [5.41, 5.74) is 5.81. The molecule has 0 aliphatic carbocycles. The Labute approximate surface area is 81.0 Å². The zero-order valence-corrected chi connectivity index (χ0v) is 7.99. The molecule has 0 spiro atoms. The van der Waals surface area contributed by atoms with Gasteiger partial charge in [-0.1, -0.05) is 10.9 Å². The molecule has 0 amide bonds. The number of benzene rings is 1. The van der Waals surface area contributed by atoms with Crippen LogP contribution in [0.25, 0.3) is 0 Å². The molecule has 0 bridgehead atoms. The van der Waals surface area contributed by atoms with Gasteiger partial charge in [0.2, 0.25) is 0 Å². The number of hydrazine groups is 1. The summed E-state index contributed by atoms with van der Waals surface area (Å²) in [5.74, 6) is 3.24. The Morgan fingerprint density at radius 1 is 1.57 bits per heavy atom. The highest BCUT2D eigenvalue weighted by Crippen LogP contribution is 2.11. The number of nitrogens with zero attached hydrogens (tertiary/aromatic N) is 1. The Morgan fingerprint density at radius 3 is 2.71 bits per heavy atom. The average molecular weight is 215 g/mol. The van der Waals surface area contributed by atoms with Crippen molar-refractivity contribution >= 4 is 21.3 Å². The van der Waals surface area contributed by atoms with Crippen molar-refractivity contribution in [3.05, 3.63) is 34.4 Å². The number of nitrogens with two attached hydrogens (primary N) is 1. The monoisotopic (exact) mass is 215 g/mol. The second-order valence-electron chi connectivity index (χ2n) is 2.60. The molecular weight excluding hydrogens is 206 g/mol. The fraction of sp³-hybridized carbons (Fsp3) is 0. The molecule has 1 aromatic rings. The fourth-order valence-electron chi connectivity index (χ4n) is 0.893. The maximum Gasteiger partial charge on any atom is 0.170 e. The van der Waals surface area contributed by atoms with Crippen molar-refractivity contribution in [2.24, 2.45) is 0 Å². The summed E-state index contributed by atoms with van der Waals surface area (Å²) >= 11 is 0. The van der Waals surface area contributed by atoms with Crippen LogP contribution in [-0.2, 0) is 9.71 Å². The largest absolute Gasteiger partial charge is 0.399 e. The number of nitrogen functional groups attached to an aromatic ring is 1. The normalized spacial score (nSPS) is 14.3. The highest BCUT2D eigenvalue weighted by Gasteiger charge is 2.12. The van der Waals surface area contributed by atoms with E-state index in [9.17, 15) is 14.3 Å². The molecule has 0 radical (unpaired) electrons. The zero-order valence-electron chi connectivity index (χ0n) is 7.17. The minimum atomic E-state index is -3.11. The number of anilines is 1. The predicted octanol–water partition coefficient (Wildman–Crippen LogP) is 0.0404. The van der Waals surface area contributed by atoms with E-state index in [1.807, 2.05) is 0 Å². The third-order valence-electron chi connectivity index (χ3n) is 1.46. The van der Waals surface area contributed by atoms with Gasteiger partial charge in [-0.15, -0.1) is 0 Å². The Kier molecular flexibility index (Phi) is 2.61. The van der Waals surface area contributed by atoms with Crippen LogP contribution in [-0.4, -0.2) is 15.1 Å². The molecule has 14 heavy (non-hydrogen) atoms. The van der Waals surface area contributed by atoms with Crippen LogP contribution in [0.5, 0.6) is 0 Å². The van der Waals surface area contributed by atoms with Crippen LogP contribution in [0.1, 0.15) is 0 Å². The van der Waals surface area contributed by atoms with Crippen LogP contribution in [0.4, 0.5) is 5.69 Å². The van der Waals surface area contributed by atoms with Gasteiger partial charge in [-0.2, -0.15) is 0 Å². The van der Waals surface area contributed by atoms with Gasteiger partial charge in [0.05, 0.1) is 4.90 Å². The summed E-state index contributed by atoms with van der Waals surface area (Å²) in [6.07, 6.45) is 0. The Morgan fingerprint density at radius 2 is 2.21 bits per heavy atom. The molecule has 1 aromatic carbocycles. The van der Waals surface area contributed by atoms with Gasteiger partial charge in [0.1, 0.15) is 9.71 Å². The van der Waals surface area contributed by atoms with Gasteiger partial charge in [0, 0.05) is 5.69 Å². The van der Waals surface area contributed by atoms with Gasteiger partial charge in [0.15, 0.2) is 5.03 Å². The maximum absolute atomic E-state index is 11.6. The summed E-state index contributed by atoms with van der Waals surface area (Å²) in [6, 6.07) is 5.98. The summed E-state index contributed by atoms with van der Waals surface area (Å²) in [5, 5.41) is 9.23. The molecule has 1 unspecified atom stereocenters. The summed E-state index contributed by atoms with van der Waals surface area (Å²) in [7, 11) is -3.11. The first-order valence-electron chi connectivity index (χ1n) is 3.56. The van der Waals surface area contributed by atoms with Gasteiger partial charge in [0.25, 0.3) is 0 Å². The third kappa shape index (κ3) is 2.36. The van der Waals surface area contributed by atoms with E-state index in [1.54, 1.807) is 17.0 Å². The van der Waals surface area contributed by atoms with E-state index < -0.39 is 14.7 Å². The van der Waals surface area contributed by atoms with Crippen LogP contribution in [0, 0.1) is 10.1 Å². The summed E-state index contributed by atoms with van der Waals surface area (Å²) < 4.78 is 11.6. The summed E-state index contributed by atoms with van der Waals surface area (Å²) in [6.45, 7) is 0. The van der Waals surface area contributed by atoms with E-state index in [0.717, 1.165) is 0 Å². The maximum atomic E-state index is 11.6. The first-order chi connectivity index (χ1) is 6.42. The molecular formula is C7H9N3O3S. The molecule has 0 heterocycles. The molecule has 6 nitrogen and oxygen atoms in total. The van der Waals surface area contributed by atoms with Crippen molar-refractivity contribution in [1.29, 1.82) is 0 Å². The van der Waals surface area contributed by atoms with E-state index in [1.165, 1.54) is 12.1 Å². The predicted molar refractivity (Wildman–Crippen MR) is 54.5 cm³/mol. The van der Waals surface area contributed by atoms with E-state index >= 15 is 0 Å². The number of nitrogens with one attached hydrogen (secondary N) is 1. The lowest BCUT2D eigenvalue weighted by atomic mass is 10.3. The molecule has 7 heteroatoms. The lowest BCUT2D eigenvalue weighted by Crippen LogP contribution is -2.29. The highest BCUT2D eigenvalue weighted by atomic mass is 32.2. The quantitative estimate of drug-likeness (QED) is 0.322. The van der Waals surface area contributed by atoms with Crippen molar-refractivity contribution in [3.63, 3.8) is 0 Å². The van der Waals surface area contributed by atoms with E-state index in [4.69, 9.17) is 5.73 Å². The molecule has 1 atom stereocenters. The molecule has 0 aliphatic rings. The van der Waals surface area contributed by atoms with E-state index in [-0.39, 0.29) is 4.90 Å². The molecule has 0 aliphatic heterocycles. The van der Waals surface area contributed by atoms with Crippen LogP contribution in [0.15, 0.2) is 29.2 Å². The Hall–Kier alpha value is -1.76.